The van der Waals surface area contributed by atoms with Gasteiger partial charge in [-0.1, -0.05) is 0 Å². The van der Waals surface area contributed by atoms with Gasteiger partial charge in [0.2, 0.25) is 0 Å². The van der Waals surface area contributed by atoms with Crippen molar-refractivity contribution in [3.63, 3.8) is 0 Å². The molecule has 5 heteroatoms. The number of rotatable bonds is 4. The third-order valence-electron chi connectivity index (χ3n) is 1.68. The number of hydrogen-bond acceptors (Lipinski definition) is 4. The Bertz CT molecular complexity index is 217. The molecule has 0 bridgehead atoms. The summed E-state index contributed by atoms with van der Waals surface area (Å²) in [5.41, 5.74) is 0. The van der Waals surface area contributed by atoms with Gasteiger partial charge in [0.05, 0.1) is 36.9 Å². The molecular weight excluding hydrogens is 168 g/mol. The van der Waals surface area contributed by atoms with Crippen molar-refractivity contribution in [2.45, 2.75) is 12.2 Å². The Labute approximate surface area is 65.4 Å². The van der Waals surface area contributed by atoms with E-state index in [0.717, 1.165) is 0 Å². The van der Waals surface area contributed by atoms with Crippen LogP contribution in [0.4, 0.5) is 0 Å². The molecule has 2 heterocycles. The molecular formula is C6H10O4S. The molecule has 2 saturated heterocycles. The molecule has 2 unspecified atom stereocenters. The first-order valence-electron chi connectivity index (χ1n) is 3.59. The summed E-state index contributed by atoms with van der Waals surface area (Å²) in [4.78, 5) is 0. The average molecular weight is 178 g/mol. The third-order valence-corrected chi connectivity index (χ3v) is 3.44. The average Bonchev–Trinajstić information content (AvgIpc) is 2.60. The fourth-order valence-electron chi connectivity index (χ4n) is 0.963. The van der Waals surface area contributed by atoms with Crippen LogP contribution in [-0.2, 0) is 19.3 Å². The quantitative estimate of drug-likeness (QED) is 0.529. The highest BCUT2D eigenvalue weighted by atomic mass is 32.2. The second-order valence-electron chi connectivity index (χ2n) is 2.99. The summed E-state index contributed by atoms with van der Waals surface area (Å²) < 4.78 is 32.0. The Morgan fingerprint density at radius 3 is 1.73 bits per heavy atom. The number of ether oxygens (including phenoxy) is 2. The number of sulfone groups is 1. The predicted molar refractivity (Wildman–Crippen MR) is 38.1 cm³/mol. The van der Waals surface area contributed by atoms with Crippen molar-refractivity contribution < 1.29 is 17.9 Å². The second kappa shape index (κ2) is 2.43. The fourth-order valence-corrected chi connectivity index (χ4v) is 2.62. The summed E-state index contributed by atoms with van der Waals surface area (Å²) in [7, 11) is -2.91. The largest absolute Gasteiger partial charge is 0.372 e. The van der Waals surface area contributed by atoms with E-state index in [1.165, 1.54) is 0 Å². The van der Waals surface area contributed by atoms with E-state index in [4.69, 9.17) is 9.47 Å². The molecule has 2 aliphatic rings. The van der Waals surface area contributed by atoms with Gasteiger partial charge in [0, 0.05) is 0 Å². The molecule has 2 fully saturated rings. The van der Waals surface area contributed by atoms with Crippen molar-refractivity contribution in [2.24, 2.45) is 0 Å². The van der Waals surface area contributed by atoms with E-state index in [1.54, 1.807) is 0 Å². The minimum atomic E-state index is -2.91. The first-order chi connectivity index (χ1) is 5.16. The highest BCUT2D eigenvalue weighted by Crippen LogP contribution is 2.16. The SMILES string of the molecule is O=S(=O)(CC1CO1)CC1CO1. The molecule has 4 nitrogen and oxygen atoms in total. The zero-order valence-corrected chi connectivity index (χ0v) is 6.84. The van der Waals surface area contributed by atoms with Gasteiger partial charge in [-0.15, -0.1) is 0 Å². The maximum absolute atomic E-state index is 11.2. The summed E-state index contributed by atoms with van der Waals surface area (Å²) in [6.07, 6.45) is -0.0579. The summed E-state index contributed by atoms with van der Waals surface area (Å²) in [5, 5.41) is 0. The number of hydrogen-bond donors (Lipinski definition) is 0. The normalized spacial score (nSPS) is 35.3. The summed E-state index contributed by atoms with van der Waals surface area (Å²) in [6, 6.07) is 0. The van der Waals surface area contributed by atoms with E-state index in [1.807, 2.05) is 0 Å². The lowest BCUT2D eigenvalue weighted by Crippen LogP contribution is -2.18. The van der Waals surface area contributed by atoms with Gasteiger partial charge in [-0.2, -0.15) is 0 Å². The second-order valence-corrected chi connectivity index (χ2v) is 5.14. The van der Waals surface area contributed by atoms with E-state index in [0.29, 0.717) is 13.2 Å². The molecule has 0 aliphatic carbocycles. The Hall–Kier alpha value is -0.130. The molecule has 0 aromatic heterocycles. The van der Waals surface area contributed by atoms with E-state index in [-0.39, 0.29) is 23.7 Å². The van der Waals surface area contributed by atoms with Crippen molar-refractivity contribution in [1.29, 1.82) is 0 Å². The lowest BCUT2D eigenvalue weighted by molar-refractivity contribution is 0.416. The van der Waals surface area contributed by atoms with Crippen LogP contribution in [0.1, 0.15) is 0 Å². The van der Waals surface area contributed by atoms with Crippen LogP contribution in [0.25, 0.3) is 0 Å². The van der Waals surface area contributed by atoms with Gasteiger partial charge in [0.25, 0.3) is 0 Å². The van der Waals surface area contributed by atoms with Crippen LogP contribution in [0, 0.1) is 0 Å². The lowest BCUT2D eigenvalue weighted by Gasteiger charge is -1.96. The van der Waals surface area contributed by atoms with Crippen LogP contribution in [0.3, 0.4) is 0 Å². The monoisotopic (exact) mass is 178 g/mol. The van der Waals surface area contributed by atoms with E-state index >= 15 is 0 Å². The molecule has 0 amide bonds. The minimum Gasteiger partial charge on any atom is -0.372 e. The summed E-state index contributed by atoms with van der Waals surface area (Å²) in [6.45, 7) is 1.20. The Morgan fingerprint density at radius 2 is 1.45 bits per heavy atom. The van der Waals surface area contributed by atoms with Crippen LogP contribution < -0.4 is 0 Å². The Balaban J connectivity index is 1.85. The molecule has 64 valence electrons. The Kier molecular flexibility index (Phi) is 1.66. The molecule has 0 saturated carbocycles. The smallest absolute Gasteiger partial charge is 0.155 e. The first kappa shape index (κ1) is 7.52. The maximum atomic E-state index is 11.2. The van der Waals surface area contributed by atoms with Gasteiger partial charge in [0.1, 0.15) is 0 Å². The zero-order chi connectivity index (χ0) is 7.90. The predicted octanol–water partition coefficient (Wildman–Crippen LogP) is -0.801. The van der Waals surface area contributed by atoms with Crippen molar-refractivity contribution in [2.75, 3.05) is 24.7 Å². The third kappa shape index (κ3) is 2.43. The van der Waals surface area contributed by atoms with Gasteiger partial charge in [-0.3, -0.25) is 0 Å². The van der Waals surface area contributed by atoms with Crippen molar-refractivity contribution in [3.05, 3.63) is 0 Å². The molecule has 0 spiro atoms. The molecule has 0 radical (unpaired) electrons. The van der Waals surface area contributed by atoms with Crippen molar-refractivity contribution in [1.82, 2.24) is 0 Å². The van der Waals surface area contributed by atoms with Crippen LogP contribution in [0.5, 0.6) is 0 Å². The molecule has 0 aromatic rings. The molecule has 11 heavy (non-hydrogen) atoms. The van der Waals surface area contributed by atoms with E-state index < -0.39 is 9.84 Å². The maximum Gasteiger partial charge on any atom is 0.155 e. The van der Waals surface area contributed by atoms with Crippen molar-refractivity contribution in [3.8, 4) is 0 Å². The highest BCUT2D eigenvalue weighted by molar-refractivity contribution is 7.91. The lowest BCUT2D eigenvalue weighted by atomic mass is 10.6. The standard InChI is InChI=1S/C6H10O4S/c7-11(8,3-5-1-9-5)4-6-2-10-6/h5-6H,1-4H2. The summed E-state index contributed by atoms with van der Waals surface area (Å²) in [5.74, 6) is 0.347. The fraction of sp³-hybridized carbons (Fsp3) is 1.00. The number of epoxide rings is 2. The van der Waals surface area contributed by atoms with Crippen LogP contribution in [0.2, 0.25) is 0 Å². The van der Waals surface area contributed by atoms with Crippen LogP contribution in [0.15, 0.2) is 0 Å². The van der Waals surface area contributed by atoms with Gasteiger partial charge < -0.3 is 9.47 Å². The Morgan fingerprint density at radius 1 is 1.09 bits per heavy atom. The topological polar surface area (TPSA) is 59.2 Å². The molecule has 2 rings (SSSR count). The zero-order valence-electron chi connectivity index (χ0n) is 6.02. The molecule has 0 aromatic carbocycles. The summed E-state index contributed by atoms with van der Waals surface area (Å²) >= 11 is 0. The molecule has 2 atom stereocenters. The molecule has 0 N–H and O–H groups in total. The van der Waals surface area contributed by atoms with Gasteiger partial charge in [-0.25, -0.2) is 8.42 Å². The first-order valence-corrected chi connectivity index (χ1v) is 5.41. The van der Waals surface area contributed by atoms with Crippen LogP contribution in [-0.4, -0.2) is 45.3 Å². The molecule has 2 aliphatic heterocycles. The van der Waals surface area contributed by atoms with Gasteiger partial charge >= 0.3 is 0 Å². The van der Waals surface area contributed by atoms with Crippen molar-refractivity contribution >= 4 is 9.84 Å². The highest BCUT2D eigenvalue weighted by Gasteiger charge is 2.34. The van der Waals surface area contributed by atoms with E-state index in [2.05, 4.69) is 0 Å². The minimum absolute atomic E-state index is 0.0289. The van der Waals surface area contributed by atoms with Gasteiger partial charge in [0.15, 0.2) is 9.84 Å². The van der Waals surface area contributed by atoms with Crippen LogP contribution >= 0.6 is 0 Å². The van der Waals surface area contributed by atoms with E-state index in [9.17, 15) is 8.42 Å². The van der Waals surface area contributed by atoms with Gasteiger partial charge in [-0.05, 0) is 0 Å².